The van der Waals surface area contributed by atoms with Crippen LogP contribution in [-0.4, -0.2) is 49.7 Å². The maximum atomic E-state index is 11.4. The molecule has 114 valence electrons. The fourth-order valence-electron chi connectivity index (χ4n) is 2.01. The summed E-state index contributed by atoms with van der Waals surface area (Å²) in [4.78, 5) is 24.9. The van der Waals surface area contributed by atoms with E-state index in [0.29, 0.717) is 13.2 Å². The van der Waals surface area contributed by atoms with E-state index >= 15 is 0 Å². The molecule has 5 heteroatoms. The quantitative estimate of drug-likeness (QED) is 0.387. The van der Waals surface area contributed by atoms with Crippen LogP contribution in [0.5, 0.6) is 0 Å². The normalized spacial score (nSPS) is 16.2. The molecular formula is C15H25NO4. The molecule has 1 aliphatic heterocycles. The average molecular weight is 283 g/mol. The first-order valence-corrected chi connectivity index (χ1v) is 7.46. The number of piperidine rings is 1. The molecule has 1 fully saturated rings. The maximum absolute atomic E-state index is 11.4. The topological polar surface area (TPSA) is 55.8 Å². The van der Waals surface area contributed by atoms with E-state index in [-0.39, 0.29) is 0 Å². The van der Waals surface area contributed by atoms with Gasteiger partial charge in [-0.1, -0.05) is 19.8 Å². The first kappa shape index (κ1) is 16.7. The summed E-state index contributed by atoms with van der Waals surface area (Å²) in [5.41, 5.74) is 0. The summed E-state index contributed by atoms with van der Waals surface area (Å²) in [7, 11) is 0. The van der Waals surface area contributed by atoms with E-state index in [1.54, 1.807) is 0 Å². The fourth-order valence-corrected chi connectivity index (χ4v) is 2.01. The number of carbonyl (C=O) groups is 2. The highest BCUT2D eigenvalue weighted by Gasteiger charge is 2.10. The Kier molecular flexibility index (Phi) is 8.71. The summed E-state index contributed by atoms with van der Waals surface area (Å²) in [6.07, 6.45) is 7.78. The van der Waals surface area contributed by atoms with Crippen LogP contribution in [0, 0.1) is 0 Å². The average Bonchev–Trinajstić information content (AvgIpc) is 2.46. The second-order valence-electron chi connectivity index (χ2n) is 4.92. The third-order valence-corrected chi connectivity index (χ3v) is 3.20. The van der Waals surface area contributed by atoms with Crippen molar-refractivity contribution in [2.45, 2.75) is 39.0 Å². The van der Waals surface area contributed by atoms with Gasteiger partial charge in [-0.3, -0.25) is 4.90 Å². The Bertz CT molecular complexity index is 322. The number of unbranched alkanes of at least 4 members (excludes halogenated alkanes) is 1. The third-order valence-electron chi connectivity index (χ3n) is 3.20. The highest BCUT2D eigenvalue weighted by Crippen LogP contribution is 2.07. The molecule has 0 aliphatic carbocycles. The van der Waals surface area contributed by atoms with Crippen molar-refractivity contribution in [2.24, 2.45) is 0 Å². The van der Waals surface area contributed by atoms with Gasteiger partial charge in [-0.15, -0.1) is 0 Å². The van der Waals surface area contributed by atoms with Crippen LogP contribution in [0.2, 0.25) is 0 Å². The highest BCUT2D eigenvalue weighted by molar-refractivity contribution is 5.91. The summed E-state index contributed by atoms with van der Waals surface area (Å²) < 4.78 is 9.94. The van der Waals surface area contributed by atoms with Crippen LogP contribution < -0.4 is 0 Å². The van der Waals surface area contributed by atoms with Crippen molar-refractivity contribution in [3.05, 3.63) is 12.2 Å². The number of rotatable bonds is 8. The monoisotopic (exact) mass is 283 g/mol. The van der Waals surface area contributed by atoms with Crippen molar-refractivity contribution in [3.8, 4) is 0 Å². The molecule has 0 amide bonds. The maximum Gasteiger partial charge on any atom is 0.331 e. The van der Waals surface area contributed by atoms with Gasteiger partial charge >= 0.3 is 11.9 Å². The lowest BCUT2D eigenvalue weighted by Crippen LogP contribution is -2.33. The van der Waals surface area contributed by atoms with Gasteiger partial charge in [-0.2, -0.15) is 0 Å². The standard InChI is InChI=1S/C15H25NO4/c1-2-3-12-19-14(17)7-8-15(18)20-13-11-16-9-5-4-6-10-16/h7-8H,2-6,9-13H2,1H3/b8-7+. The van der Waals surface area contributed by atoms with E-state index in [1.807, 2.05) is 6.92 Å². The summed E-state index contributed by atoms with van der Waals surface area (Å²) in [5, 5.41) is 0. The van der Waals surface area contributed by atoms with Crippen molar-refractivity contribution in [3.63, 3.8) is 0 Å². The van der Waals surface area contributed by atoms with Gasteiger partial charge in [0, 0.05) is 18.7 Å². The predicted molar refractivity (Wildman–Crippen MR) is 76.3 cm³/mol. The molecule has 20 heavy (non-hydrogen) atoms. The zero-order valence-electron chi connectivity index (χ0n) is 12.3. The van der Waals surface area contributed by atoms with Crippen LogP contribution in [0.25, 0.3) is 0 Å². The zero-order chi connectivity index (χ0) is 14.6. The lowest BCUT2D eigenvalue weighted by atomic mass is 10.1. The molecule has 0 aromatic carbocycles. The number of esters is 2. The van der Waals surface area contributed by atoms with Gasteiger partial charge in [-0.25, -0.2) is 9.59 Å². The molecule has 0 atom stereocenters. The van der Waals surface area contributed by atoms with Crippen LogP contribution in [0.3, 0.4) is 0 Å². The van der Waals surface area contributed by atoms with E-state index < -0.39 is 11.9 Å². The Balaban J connectivity index is 2.08. The molecule has 0 spiro atoms. The van der Waals surface area contributed by atoms with Gasteiger partial charge in [0.2, 0.25) is 0 Å². The molecule has 5 nitrogen and oxygen atoms in total. The van der Waals surface area contributed by atoms with Crippen LogP contribution in [-0.2, 0) is 19.1 Å². The Labute approximate surface area is 120 Å². The number of hydrogen-bond donors (Lipinski definition) is 0. The number of nitrogens with zero attached hydrogens (tertiary/aromatic N) is 1. The number of ether oxygens (including phenoxy) is 2. The van der Waals surface area contributed by atoms with Crippen molar-refractivity contribution < 1.29 is 19.1 Å². The lowest BCUT2D eigenvalue weighted by Gasteiger charge is -2.25. The molecule has 0 bridgehead atoms. The van der Waals surface area contributed by atoms with Crippen LogP contribution in [0.15, 0.2) is 12.2 Å². The summed E-state index contributed by atoms with van der Waals surface area (Å²) >= 11 is 0. The lowest BCUT2D eigenvalue weighted by molar-refractivity contribution is -0.140. The smallest absolute Gasteiger partial charge is 0.331 e. The summed E-state index contributed by atoms with van der Waals surface area (Å²) in [6.45, 7) is 5.70. The van der Waals surface area contributed by atoms with E-state index in [9.17, 15) is 9.59 Å². The van der Waals surface area contributed by atoms with E-state index in [1.165, 1.54) is 19.3 Å². The highest BCUT2D eigenvalue weighted by atomic mass is 16.5. The fraction of sp³-hybridized carbons (Fsp3) is 0.733. The molecule has 0 saturated carbocycles. The largest absolute Gasteiger partial charge is 0.463 e. The molecule has 0 aromatic heterocycles. The molecule has 1 heterocycles. The van der Waals surface area contributed by atoms with Gasteiger partial charge in [0.25, 0.3) is 0 Å². The van der Waals surface area contributed by atoms with E-state index in [2.05, 4.69) is 4.90 Å². The minimum absolute atomic E-state index is 0.369. The molecule has 0 unspecified atom stereocenters. The van der Waals surface area contributed by atoms with E-state index in [4.69, 9.17) is 9.47 Å². The first-order valence-electron chi connectivity index (χ1n) is 7.46. The second-order valence-corrected chi connectivity index (χ2v) is 4.92. The number of carbonyl (C=O) groups excluding carboxylic acids is 2. The molecule has 1 aliphatic rings. The summed E-state index contributed by atoms with van der Waals surface area (Å²) in [6, 6.07) is 0. The summed E-state index contributed by atoms with van der Waals surface area (Å²) in [5.74, 6) is -0.985. The van der Waals surface area contributed by atoms with Crippen molar-refractivity contribution in [1.82, 2.24) is 4.90 Å². The van der Waals surface area contributed by atoms with Crippen molar-refractivity contribution in [2.75, 3.05) is 32.8 Å². The molecule has 1 rings (SSSR count). The Morgan fingerprint density at radius 1 is 1.00 bits per heavy atom. The number of likely N-dealkylation sites (tertiary alicyclic amines) is 1. The second kappa shape index (κ2) is 10.4. The number of hydrogen-bond acceptors (Lipinski definition) is 5. The molecule has 1 saturated heterocycles. The van der Waals surface area contributed by atoms with Gasteiger partial charge in [0.15, 0.2) is 0 Å². The van der Waals surface area contributed by atoms with Gasteiger partial charge < -0.3 is 9.47 Å². The van der Waals surface area contributed by atoms with Gasteiger partial charge in [0.1, 0.15) is 6.61 Å². The Hall–Kier alpha value is -1.36. The SMILES string of the molecule is CCCCOC(=O)/C=C/C(=O)OCCN1CCCCC1. The Morgan fingerprint density at radius 2 is 1.60 bits per heavy atom. The Morgan fingerprint density at radius 3 is 2.20 bits per heavy atom. The van der Waals surface area contributed by atoms with E-state index in [0.717, 1.165) is 44.6 Å². The predicted octanol–water partition coefficient (Wildman–Crippen LogP) is 1.92. The van der Waals surface area contributed by atoms with Gasteiger partial charge in [0.05, 0.1) is 6.61 Å². The van der Waals surface area contributed by atoms with Crippen molar-refractivity contribution in [1.29, 1.82) is 0 Å². The third kappa shape index (κ3) is 7.94. The minimum Gasteiger partial charge on any atom is -0.463 e. The minimum atomic E-state index is -0.494. The zero-order valence-corrected chi connectivity index (χ0v) is 12.3. The molecule has 0 radical (unpaired) electrons. The van der Waals surface area contributed by atoms with Gasteiger partial charge in [-0.05, 0) is 32.4 Å². The molecule has 0 N–H and O–H groups in total. The van der Waals surface area contributed by atoms with Crippen LogP contribution >= 0.6 is 0 Å². The molecular weight excluding hydrogens is 258 g/mol. The van der Waals surface area contributed by atoms with Crippen molar-refractivity contribution >= 4 is 11.9 Å². The van der Waals surface area contributed by atoms with Crippen LogP contribution in [0.1, 0.15) is 39.0 Å². The van der Waals surface area contributed by atoms with Crippen LogP contribution in [0.4, 0.5) is 0 Å². The molecule has 0 aromatic rings. The first-order chi connectivity index (χ1) is 9.72.